The third-order valence-electron chi connectivity index (χ3n) is 4.53. The molecule has 1 fully saturated rings. The molecule has 0 saturated carbocycles. The number of amides is 1. The summed E-state index contributed by atoms with van der Waals surface area (Å²) < 4.78 is 60.7. The molecule has 2 aromatic rings. The molecule has 0 spiro atoms. The Morgan fingerprint density at radius 3 is 2.45 bits per heavy atom. The molecule has 166 valence electrons. The predicted octanol–water partition coefficient (Wildman–Crippen LogP) is 2.46. The van der Waals surface area contributed by atoms with Gasteiger partial charge in [0.05, 0.1) is 23.8 Å². The van der Waals surface area contributed by atoms with Crippen LogP contribution in [0.4, 0.5) is 8.78 Å². The van der Waals surface area contributed by atoms with Crippen LogP contribution >= 0.6 is 0 Å². The number of ether oxygens (including phenoxy) is 2. The number of nitrogens with zero attached hydrogens (tertiary/aromatic N) is 2. The summed E-state index contributed by atoms with van der Waals surface area (Å²) in [5, 5.41) is 3.99. The minimum absolute atomic E-state index is 0.00822. The first-order valence-electron chi connectivity index (χ1n) is 9.35. The van der Waals surface area contributed by atoms with Crippen molar-refractivity contribution in [2.75, 3.05) is 26.3 Å². The first-order valence-corrected chi connectivity index (χ1v) is 10.8. The quantitative estimate of drug-likeness (QED) is 0.513. The van der Waals surface area contributed by atoms with Crippen molar-refractivity contribution in [1.82, 2.24) is 9.73 Å². The second-order valence-electron chi connectivity index (χ2n) is 6.59. The van der Waals surface area contributed by atoms with E-state index in [1.165, 1.54) is 52.8 Å². The monoisotopic (exact) mass is 453 g/mol. The van der Waals surface area contributed by atoms with Gasteiger partial charge in [0.15, 0.2) is 0 Å². The SMILES string of the molecule is CC(=NNC(=O)c1cccc(S(=O)(=O)N2CCOCC2)c1)c1ccc(OC(F)F)cc1. The van der Waals surface area contributed by atoms with Gasteiger partial charge in [-0.05, 0) is 55.0 Å². The molecule has 1 heterocycles. The van der Waals surface area contributed by atoms with Gasteiger partial charge in [0.1, 0.15) is 5.75 Å². The van der Waals surface area contributed by atoms with Crippen molar-refractivity contribution in [2.45, 2.75) is 18.4 Å². The molecule has 8 nitrogen and oxygen atoms in total. The standard InChI is InChI=1S/C20H21F2N3O5S/c1-14(15-5-7-17(8-6-15)30-20(21)22)23-24-19(26)16-3-2-4-18(13-16)31(27,28)25-9-11-29-12-10-25/h2-8,13,20H,9-12H2,1H3,(H,24,26). The van der Waals surface area contributed by atoms with E-state index in [0.717, 1.165) is 0 Å². The van der Waals surface area contributed by atoms with E-state index in [0.29, 0.717) is 24.5 Å². The highest BCUT2D eigenvalue weighted by molar-refractivity contribution is 7.89. The number of nitrogens with one attached hydrogen (secondary N) is 1. The highest BCUT2D eigenvalue weighted by Crippen LogP contribution is 2.19. The average Bonchev–Trinajstić information content (AvgIpc) is 2.78. The maximum absolute atomic E-state index is 12.8. The molecule has 3 rings (SSSR count). The molecule has 2 aromatic carbocycles. The minimum atomic E-state index is -3.73. The Labute approximate surface area is 178 Å². The van der Waals surface area contributed by atoms with Crippen molar-refractivity contribution >= 4 is 21.6 Å². The summed E-state index contributed by atoms with van der Waals surface area (Å²) >= 11 is 0. The predicted molar refractivity (Wildman–Crippen MR) is 109 cm³/mol. The van der Waals surface area contributed by atoms with Gasteiger partial charge < -0.3 is 9.47 Å². The van der Waals surface area contributed by atoms with Crippen LogP contribution in [0.15, 0.2) is 58.5 Å². The van der Waals surface area contributed by atoms with E-state index in [1.807, 2.05) is 0 Å². The molecule has 0 bridgehead atoms. The average molecular weight is 453 g/mol. The molecule has 0 aliphatic carbocycles. The zero-order chi connectivity index (χ0) is 22.4. The number of sulfonamides is 1. The molecule has 1 aliphatic heterocycles. The van der Waals surface area contributed by atoms with Crippen molar-refractivity contribution in [3.05, 3.63) is 59.7 Å². The van der Waals surface area contributed by atoms with Gasteiger partial charge in [-0.15, -0.1) is 0 Å². The second-order valence-corrected chi connectivity index (χ2v) is 8.52. The fraction of sp³-hybridized carbons (Fsp3) is 0.300. The molecule has 0 radical (unpaired) electrons. The van der Waals surface area contributed by atoms with E-state index in [1.54, 1.807) is 6.92 Å². The molecule has 31 heavy (non-hydrogen) atoms. The maximum atomic E-state index is 12.8. The first kappa shape index (κ1) is 22.8. The number of rotatable bonds is 7. The number of alkyl halides is 2. The summed E-state index contributed by atoms with van der Waals surface area (Å²) in [6, 6.07) is 11.5. The Morgan fingerprint density at radius 2 is 1.81 bits per heavy atom. The van der Waals surface area contributed by atoms with Gasteiger partial charge in [-0.2, -0.15) is 18.2 Å². The van der Waals surface area contributed by atoms with Gasteiger partial charge in [0, 0.05) is 18.7 Å². The zero-order valence-electron chi connectivity index (χ0n) is 16.6. The fourth-order valence-corrected chi connectivity index (χ4v) is 4.33. The molecule has 0 aromatic heterocycles. The van der Waals surface area contributed by atoms with Gasteiger partial charge >= 0.3 is 6.61 Å². The summed E-state index contributed by atoms with van der Waals surface area (Å²) in [5.41, 5.74) is 3.52. The van der Waals surface area contributed by atoms with Crippen molar-refractivity contribution in [1.29, 1.82) is 0 Å². The van der Waals surface area contributed by atoms with E-state index in [4.69, 9.17) is 4.74 Å². The van der Waals surface area contributed by atoms with Crippen LogP contribution in [-0.2, 0) is 14.8 Å². The number of carbonyl (C=O) groups is 1. The van der Waals surface area contributed by atoms with Crippen molar-refractivity contribution < 1.29 is 31.5 Å². The normalized spacial score (nSPS) is 15.7. The van der Waals surface area contributed by atoms with Crippen LogP contribution in [0.25, 0.3) is 0 Å². The molecule has 1 N–H and O–H groups in total. The first-order chi connectivity index (χ1) is 14.8. The Kier molecular flexibility index (Phi) is 7.31. The lowest BCUT2D eigenvalue weighted by Crippen LogP contribution is -2.40. The lowest BCUT2D eigenvalue weighted by atomic mass is 10.1. The van der Waals surface area contributed by atoms with E-state index in [9.17, 15) is 22.0 Å². The van der Waals surface area contributed by atoms with Gasteiger partial charge in [0.25, 0.3) is 5.91 Å². The summed E-state index contributed by atoms with van der Waals surface area (Å²) in [6.07, 6.45) is 0. The fourth-order valence-electron chi connectivity index (χ4n) is 2.88. The van der Waals surface area contributed by atoms with Crippen LogP contribution in [-0.4, -0.2) is 57.3 Å². The van der Waals surface area contributed by atoms with Crippen molar-refractivity contribution in [3.63, 3.8) is 0 Å². The summed E-state index contributed by atoms with van der Waals surface area (Å²) in [7, 11) is -3.73. The second kappa shape index (κ2) is 9.94. The Balaban J connectivity index is 1.69. The lowest BCUT2D eigenvalue weighted by molar-refractivity contribution is -0.0498. The van der Waals surface area contributed by atoms with Crippen molar-refractivity contribution in [2.24, 2.45) is 5.10 Å². The molecular weight excluding hydrogens is 432 g/mol. The number of carbonyl (C=O) groups excluding carboxylic acids is 1. The zero-order valence-corrected chi connectivity index (χ0v) is 17.4. The van der Waals surface area contributed by atoms with E-state index < -0.39 is 22.5 Å². The van der Waals surface area contributed by atoms with Crippen LogP contribution in [0.3, 0.4) is 0 Å². The molecule has 1 amide bonds. The van der Waals surface area contributed by atoms with E-state index in [2.05, 4.69) is 15.3 Å². The molecular formula is C20H21F2N3O5S. The van der Waals surface area contributed by atoms with Crippen LogP contribution < -0.4 is 10.2 Å². The molecule has 0 atom stereocenters. The number of halogens is 2. The van der Waals surface area contributed by atoms with Crippen LogP contribution in [0.5, 0.6) is 5.75 Å². The topological polar surface area (TPSA) is 97.3 Å². The maximum Gasteiger partial charge on any atom is 0.387 e. The van der Waals surface area contributed by atoms with Gasteiger partial charge in [-0.3, -0.25) is 4.79 Å². The largest absolute Gasteiger partial charge is 0.435 e. The minimum Gasteiger partial charge on any atom is -0.435 e. The number of hydrogen-bond acceptors (Lipinski definition) is 6. The number of morpholine rings is 1. The Hall–Kier alpha value is -2.89. The summed E-state index contributed by atoms with van der Waals surface area (Å²) in [5.74, 6) is -0.579. The molecule has 11 heteroatoms. The van der Waals surface area contributed by atoms with E-state index >= 15 is 0 Å². The number of hydrazone groups is 1. The third kappa shape index (κ3) is 5.84. The van der Waals surface area contributed by atoms with E-state index in [-0.39, 0.29) is 29.3 Å². The molecule has 0 unspecified atom stereocenters. The lowest BCUT2D eigenvalue weighted by Gasteiger charge is -2.26. The van der Waals surface area contributed by atoms with Crippen LogP contribution in [0, 0.1) is 0 Å². The smallest absolute Gasteiger partial charge is 0.387 e. The highest BCUT2D eigenvalue weighted by atomic mass is 32.2. The third-order valence-corrected chi connectivity index (χ3v) is 6.42. The molecule has 1 aliphatic rings. The van der Waals surface area contributed by atoms with Crippen LogP contribution in [0.1, 0.15) is 22.8 Å². The highest BCUT2D eigenvalue weighted by Gasteiger charge is 2.26. The van der Waals surface area contributed by atoms with Gasteiger partial charge in [0.2, 0.25) is 10.0 Å². The van der Waals surface area contributed by atoms with Crippen molar-refractivity contribution in [3.8, 4) is 5.75 Å². The van der Waals surface area contributed by atoms with Gasteiger partial charge in [-0.1, -0.05) is 6.07 Å². The number of hydrogen-bond donors (Lipinski definition) is 1. The van der Waals surface area contributed by atoms with Crippen LogP contribution in [0.2, 0.25) is 0 Å². The Bertz CT molecular complexity index is 1050. The summed E-state index contributed by atoms with van der Waals surface area (Å²) in [4.78, 5) is 12.5. The Morgan fingerprint density at radius 1 is 1.13 bits per heavy atom. The summed E-state index contributed by atoms with van der Waals surface area (Å²) in [6.45, 7) is -0.136. The molecule has 1 saturated heterocycles. The van der Waals surface area contributed by atoms with Gasteiger partial charge in [-0.25, -0.2) is 13.8 Å². The number of benzene rings is 2.